The molecule has 1 aliphatic carbocycles. The average molecular weight is 1160 g/mol. The number of ether oxygens (including phenoxy) is 6. The first-order chi connectivity index (χ1) is 40.6. The second-order valence-corrected chi connectivity index (χ2v) is 20.6. The Labute approximate surface area is 478 Å². The highest BCUT2D eigenvalue weighted by Gasteiger charge is 2.54. The van der Waals surface area contributed by atoms with Gasteiger partial charge in [-0.3, -0.25) is 28.3 Å². The predicted molar refractivity (Wildman–Crippen MR) is 290 cm³/mol. The third-order valence-electron chi connectivity index (χ3n) is 14.2. The molecule has 8 aromatic heterocycles. The van der Waals surface area contributed by atoms with Gasteiger partial charge in [0.15, 0.2) is 83.0 Å². The van der Waals surface area contributed by atoms with Gasteiger partial charge in [0.2, 0.25) is 23.5 Å². The number of rotatable bonds is 22. The van der Waals surface area contributed by atoms with Crippen LogP contribution >= 0.6 is 0 Å². The number of hydrogen-bond acceptors (Lipinski definition) is 28. The zero-order chi connectivity index (χ0) is 58.8. The third-order valence-corrected chi connectivity index (χ3v) is 14.2. The van der Waals surface area contributed by atoms with Crippen molar-refractivity contribution in [3.8, 4) is 0 Å². The van der Waals surface area contributed by atoms with Gasteiger partial charge in [0.25, 0.3) is 0 Å². The smallest absolute Gasteiger partial charge is 0.303 e. The Kier molecular flexibility index (Phi) is 16.3. The summed E-state index contributed by atoms with van der Waals surface area (Å²) in [5.41, 5.74) is 3.20. The van der Waals surface area contributed by atoms with Crippen LogP contribution in [0.5, 0.6) is 0 Å². The van der Waals surface area contributed by atoms with E-state index in [0.717, 1.165) is 11.4 Å². The quantitative estimate of drug-likeness (QED) is 0.0555. The number of imidazole rings is 4. The van der Waals surface area contributed by atoms with Crippen LogP contribution in [-0.2, 0) is 87.6 Å². The molecule has 2 aliphatic heterocycles. The molecule has 11 rings (SSSR count). The SMILES string of the molecule is CCn1nnc([C@H]2O[C@@H](n3cnc4c(N[C@H]5CC[C@H](Nc6nc(NCCc7cn(C)cn7)nc7c6ncn7[C@@H]6O[C@H](c7nnn(CC)n7)[C@@H](OC(C)=O)[C@H]6OC(C)=O)CC5)nc(NCCc5cn(C)cn5)nc43)[C@H](OC(C)=O)[C@@H]2OC(C)=O)n1. The van der Waals surface area contributed by atoms with E-state index in [4.69, 9.17) is 58.3 Å². The number of carbonyl (C=O) groups excluding carboxylic acids is 4. The number of aryl methyl sites for hydroxylation is 4. The van der Waals surface area contributed by atoms with E-state index in [1.54, 1.807) is 21.8 Å². The molecule has 0 unspecified atom stereocenters. The van der Waals surface area contributed by atoms with Gasteiger partial charge in [0.05, 0.1) is 49.8 Å². The number of nitrogens with zero attached hydrogens (tertiary/aromatic N) is 20. The number of nitrogens with one attached hydrogen (secondary N) is 4. The van der Waals surface area contributed by atoms with Crippen LogP contribution in [0.2, 0.25) is 0 Å². The lowest BCUT2D eigenvalue weighted by molar-refractivity contribution is -0.165. The molecule has 3 aliphatic rings. The molecule has 34 heteroatoms. The molecule has 1 saturated carbocycles. The third kappa shape index (κ3) is 12.2. The van der Waals surface area contributed by atoms with Gasteiger partial charge >= 0.3 is 23.9 Å². The molecule has 8 atom stereocenters. The van der Waals surface area contributed by atoms with E-state index in [-0.39, 0.29) is 35.6 Å². The van der Waals surface area contributed by atoms with Gasteiger partial charge in [-0.05, 0) is 50.0 Å². The number of carbonyl (C=O) groups is 4. The molecule has 4 N–H and O–H groups in total. The van der Waals surface area contributed by atoms with E-state index in [9.17, 15) is 19.2 Å². The van der Waals surface area contributed by atoms with Crippen LogP contribution < -0.4 is 21.3 Å². The standard InChI is InChI=1S/C50H64N24O10/c1-9-73-65-43(63-67-73)37-35(79-25(3)75)39(81-27(5)77)47(83-37)71-23-55-33-41(59-49(61-45(33)71)51-17-15-31-19-69(7)21-53-31)57-29-11-13-30(14-12-29)58-42-34-46(62-50(60-42)52-18-16-32-20-70(8)22-54-32)72(24-56-34)48-40(82-28(6)78)36(80-26(4)76)38(84-48)44-64-68-74(10-2)66-44/h19-24,29-30,35-40,47-48H,9-18H2,1-8H3,(H2,51,57,59,61)(H2,52,58,60,62)/t29-,30-,35-,36-,37+,38+,39-,40-,47-,48-/m1/s1. The number of hydrogen-bond donors (Lipinski definition) is 4. The van der Waals surface area contributed by atoms with E-state index >= 15 is 0 Å². The highest BCUT2D eigenvalue weighted by atomic mass is 16.7. The fourth-order valence-corrected chi connectivity index (χ4v) is 10.6. The Morgan fingerprint density at radius 2 is 0.940 bits per heavy atom. The Morgan fingerprint density at radius 3 is 1.29 bits per heavy atom. The normalized spacial score (nSPS) is 23.2. The molecule has 3 fully saturated rings. The van der Waals surface area contributed by atoms with Gasteiger partial charge in [-0.1, -0.05) is 0 Å². The summed E-state index contributed by atoms with van der Waals surface area (Å²) < 4.78 is 43.4. The maximum Gasteiger partial charge on any atom is 0.303 e. The Bertz CT molecular complexity index is 3420. The lowest BCUT2D eigenvalue weighted by atomic mass is 9.91. The molecule has 0 amide bonds. The number of anilines is 4. The largest absolute Gasteiger partial charge is 0.455 e. The fourth-order valence-electron chi connectivity index (χ4n) is 10.6. The summed E-state index contributed by atoms with van der Waals surface area (Å²) in [7, 11) is 3.80. The Hall–Kier alpha value is -9.34. The summed E-state index contributed by atoms with van der Waals surface area (Å²) in [6, 6.07) is -0.182. The number of aromatic nitrogens is 20. The first-order valence-corrected chi connectivity index (χ1v) is 27.6. The van der Waals surface area contributed by atoms with Gasteiger partial charge in [0, 0.05) is 92.2 Å². The maximum atomic E-state index is 12.7. The zero-order valence-corrected chi connectivity index (χ0v) is 47.3. The summed E-state index contributed by atoms with van der Waals surface area (Å²) in [6.45, 7) is 10.4. The van der Waals surface area contributed by atoms with Crippen LogP contribution in [0, 0.1) is 0 Å². The van der Waals surface area contributed by atoms with E-state index < -0.39 is 73.0 Å². The van der Waals surface area contributed by atoms with Crippen molar-refractivity contribution < 1.29 is 47.6 Å². The minimum atomic E-state index is -1.18. The molecule has 10 heterocycles. The molecule has 84 heavy (non-hydrogen) atoms. The molecule has 8 aromatic rings. The fraction of sp³-hybridized carbons (Fsp3) is 0.560. The van der Waals surface area contributed by atoms with Crippen molar-refractivity contribution in [3.05, 3.63) is 60.7 Å². The summed E-state index contributed by atoms with van der Waals surface area (Å²) in [4.78, 5) is 91.7. The van der Waals surface area contributed by atoms with Crippen molar-refractivity contribution >= 4 is 69.7 Å². The zero-order valence-electron chi connectivity index (χ0n) is 47.3. The second-order valence-electron chi connectivity index (χ2n) is 20.6. The van der Waals surface area contributed by atoms with Crippen LogP contribution in [0.15, 0.2) is 37.7 Å². The van der Waals surface area contributed by atoms with Crippen molar-refractivity contribution in [2.75, 3.05) is 34.4 Å². The molecule has 0 aromatic carbocycles. The van der Waals surface area contributed by atoms with Crippen LogP contribution in [0.3, 0.4) is 0 Å². The van der Waals surface area contributed by atoms with E-state index in [2.05, 4.69) is 62.1 Å². The Morgan fingerprint density at radius 1 is 0.548 bits per heavy atom. The van der Waals surface area contributed by atoms with Crippen LogP contribution in [0.4, 0.5) is 23.5 Å². The summed E-state index contributed by atoms with van der Waals surface area (Å²) in [5.74, 6) is -0.870. The number of fused-ring (bicyclic) bond motifs is 2. The van der Waals surface area contributed by atoms with E-state index in [1.165, 1.54) is 49.9 Å². The Balaban J connectivity index is 0.869. The molecule has 0 bridgehead atoms. The number of esters is 4. The molecule has 0 spiro atoms. The van der Waals surface area contributed by atoms with Gasteiger partial charge in [-0.15, -0.1) is 20.4 Å². The predicted octanol–water partition coefficient (Wildman–Crippen LogP) is 1.86. The molecular weight excluding hydrogens is 1100 g/mol. The van der Waals surface area contributed by atoms with Crippen LogP contribution in [-0.4, -0.2) is 172 Å². The molecule has 0 radical (unpaired) electrons. The average Bonchev–Trinajstić information content (AvgIpc) is 2.31. The van der Waals surface area contributed by atoms with Crippen LogP contribution in [0.1, 0.15) is 115 Å². The van der Waals surface area contributed by atoms with Gasteiger partial charge in [0.1, 0.15) is 0 Å². The molecular formula is C50H64N24O10. The minimum Gasteiger partial charge on any atom is -0.455 e. The number of tetrazole rings is 2. The maximum absolute atomic E-state index is 12.7. The summed E-state index contributed by atoms with van der Waals surface area (Å²) in [5, 5.41) is 39.4. The van der Waals surface area contributed by atoms with Crippen molar-refractivity contribution in [3.63, 3.8) is 0 Å². The molecule has 34 nitrogen and oxygen atoms in total. The first kappa shape index (κ1) is 56.5. The van der Waals surface area contributed by atoms with E-state index in [1.807, 2.05) is 49.5 Å². The van der Waals surface area contributed by atoms with Gasteiger partial charge in [-0.2, -0.15) is 29.5 Å². The van der Waals surface area contributed by atoms with E-state index in [0.29, 0.717) is 98.7 Å². The summed E-state index contributed by atoms with van der Waals surface area (Å²) in [6.07, 6.45) is 5.13. The summed E-state index contributed by atoms with van der Waals surface area (Å²) >= 11 is 0. The first-order valence-electron chi connectivity index (χ1n) is 27.6. The highest BCUT2D eigenvalue weighted by Crippen LogP contribution is 2.45. The van der Waals surface area contributed by atoms with Crippen LogP contribution in [0.25, 0.3) is 22.3 Å². The topological polar surface area (TPSA) is 382 Å². The van der Waals surface area contributed by atoms with Crippen molar-refractivity contribution in [1.82, 2.24) is 98.6 Å². The monoisotopic (exact) mass is 1160 g/mol. The second kappa shape index (κ2) is 24.2. The highest BCUT2D eigenvalue weighted by molar-refractivity contribution is 5.86. The lowest BCUT2D eigenvalue weighted by Gasteiger charge is -2.30. The van der Waals surface area contributed by atoms with Crippen molar-refractivity contribution in [2.45, 2.75) is 154 Å². The molecule has 444 valence electrons. The van der Waals surface area contributed by atoms with Gasteiger partial charge in [-0.25, -0.2) is 19.9 Å². The molecule has 2 saturated heterocycles. The van der Waals surface area contributed by atoms with Crippen molar-refractivity contribution in [1.29, 1.82) is 0 Å². The van der Waals surface area contributed by atoms with Gasteiger partial charge < -0.3 is 58.8 Å². The van der Waals surface area contributed by atoms with Crippen molar-refractivity contribution in [2.24, 2.45) is 14.1 Å². The lowest BCUT2D eigenvalue weighted by Crippen LogP contribution is -2.37. The minimum absolute atomic E-state index is 0.0909.